The highest BCUT2D eigenvalue weighted by Crippen LogP contribution is 2.46. The minimum Gasteiger partial charge on any atom is -0.475 e. The molecule has 4 heterocycles. The molecule has 6 rings (SSSR count). The van der Waals surface area contributed by atoms with Crippen molar-refractivity contribution in [1.82, 2.24) is 25.3 Å². The number of hydrogen-bond donors (Lipinski definition) is 2. The summed E-state index contributed by atoms with van der Waals surface area (Å²) < 4.78 is 26.9. The van der Waals surface area contributed by atoms with E-state index in [1.54, 1.807) is 18.0 Å². The number of piperazine rings is 1. The maximum absolute atomic E-state index is 14.0. The first kappa shape index (κ1) is 30.0. The molecular formula is C31H42FN7O4. The first-order valence-electron chi connectivity index (χ1n) is 15.4. The van der Waals surface area contributed by atoms with E-state index in [0.717, 1.165) is 19.4 Å². The fourth-order valence-electron chi connectivity index (χ4n) is 7.78. The van der Waals surface area contributed by atoms with Gasteiger partial charge in [-0.2, -0.15) is 5.26 Å². The molecule has 1 aliphatic carbocycles. The number of amides is 2. The Morgan fingerprint density at radius 3 is 2.84 bits per heavy atom. The molecule has 0 bridgehead atoms. The summed E-state index contributed by atoms with van der Waals surface area (Å²) in [6.07, 6.45) is 4.92. The van der Waals surface area contributed by atoms with Crippen LogP contribution in [0.3, 0.4) is 0 Å². The molecule has 11 nitrogen and oxygen atoms in total. The molecule has 1 spiro atoms. The molecule has 1 aromatic carbocycles. The molecule has 4 aliphatic heterocycles. The lowest BCUT2D eigenvalue weighted by molar-refractivity contribution is -0.151. The number of carbonyl (C=O) groups is 2. The average Bonchev–Trinajstić information content (AvgIpc) is 3.43. The fourth-order valence-corrected chi connectivity index (χ4v) is 7.78. The zero-order valence-corrected chi connectivity index (χ0v) is 25.0. The molecule has 1 aromatic rings. The topological polar surface area (TPSA) is 113 Å². The zero-order valence-electron chi connectivity index (χ0n) is 25.0. The Morgan fingerprint density at radius 1 is 1.26 bits per heavy atom. The van der Waals surface area contributed by atoms with Crippen molar-refractivity contribution in [3.8, 4) is 11.8 Å². The number of hydrogen-bond acceptors (Lipinski definition) is 9. The average molecular weight is 596 g/mol. The van der Waals surface area contributed by atoms with E-state index in [-0.39, 0.29) is 42.4 Å². The largest absolute Gasteiger partial charge is 0.475 e. The quantitative estimate of drug-likeness (QED) is 0.474. The van der Waals surface area contributed by atoms with Crippen LogP contribution in [0, 0.1) is 23.1 Å². The van der Waals surface area contributed by atoms with Gasteiger partial charge in [-0.1, -0.05) is 6.58 Å². The third-order valence-electron chi connectivity index (χ3n) is 10.1. The van der Waals surface area contributed by atoms with Gasteiger partial charge in [0.1, 0.15) is 11.6 Å². The van der Waals surface area contributed by atoms with E-state index in [1.165, 1.54) is 23.1 Å². The number of halogens is 1. The molecule has 0 aromatic heterocycles. The molecule has 3 saturated heterocycles. The second-order valence-corrected chi connectivity index (χ2v) is 12.6. The maximum Gasteiger partial charge on any atom is 0.271 e. The summed E-state index contributed by atoms with van der Waals surface area (Å²) in [6.45, 7) is 6.97. The number of benzene rings is 1. The van der Waals surface area contributed by atoms with E-state index in [2.05, 4.69) is 40.1 Å². The third-order valence-corrected chi connectivity index (χ3v) is 10.1. The van der Waals surface area contributed by atoms with Gasteiger partial charge in [0, 0.05) is 57.2 Å². The molecule has 1 saturated carbocycles. The van der Waals surface area contributed by atoms with E-state index >= 15 is 0 Å². The molecular weight excluding hydrogens is 553 g/mol. The van der Waals surface area contributed by atoms with Gasteiger partial charge < -0.3 is 24.2 Å². The Labute approximate surface area is 252 Å². The van der Waals surface area contributed by atoms with Gasteiger partial charge in [-0.15, -0.1) is 0 Å². The number of nitrogens with one attached hydrogen (secondary N) is 2. The van der Waals surface area contributed by atoms with Crippen LogP contribution in [-0.2, 0) is 14.3 Å². The van der Waals surface area contributed by atoms with Crippen molar-refractivity contribution in [2.24, 2.45) is 5.92 Å². The smallest absolute Gasteiger partial charge is 0.271 e. The zero-order chi connectivity index (χ0) is 30.3. The van der Waals surface area contributed by atoms with Gasteiger partial charge in [-0.05, 0) is 57.5 Å². The van der Waals surface area contributed by atoms with Crippen molar-refractivity contribution in [2.75, 3.05) is 51.8 Å². The number of likely N-dealkylation sites (tertiary alicyclic amines) is 1. The van der Waals surface area contributed by atoms with E-state index in [1.807, 2.05) is 0 Å². The van der Waals surface area contributed by atoms with Crippen LogP contribution in [0.1, 0.15) is 38.5 Å². The Balaban J connectivity index is 1.24. The predicted octanol–water partition coefficient (Wildman–Crippen LogP) is 1.61. The van der Waals surface area contributed by atoms with Gasteiger partial charge in [0.25, 0.3) is 5.91 Å². The molecule has 7 atom stereocenters. The lowest BCUT2D eigenvalue weighted by atomic mass is 9.71. The van der Waals surface area contributed by atoms with Crippen LogP contribution in [0.4, 0.5) is 10.1 Å². The molecule has 2 N–H and O–H groups in total. The highest BCUT2D eigenvalue weighted by molar-refractivity contribution is 6.02. The number of anilines is 1. The van der Waals surface area contributed by atoms with Crippen LogP contribution >= 0.6 is 0 Å². The molecule has 232 valence electrons. The monoisotopic (exact) mass is 595 g/mol. The predicted molar refractivity (Wildman–Crippen MR) is 157 cm³/mol. The van der Waals surface area contributed by atoms with Gasteiger partial charge in [-0.3, -0.25) is 25.1 Å². The van der Waals surface area contributed by atoms with Crippen LogP contribution in [0.2, 0.25) is 0 Å². The van der Waals surface area contributed by atoms with Crippen LogP contribution in [0.15, 0.2) is 30.9 Å². The summed E-state index contributed by atoms with van der Waals surface area (Å²) in [4.78, 5) is 34.3. The highest BCUT2D eigenvalue weighted by Gasteiger charge is 2.56. The number of nitrogens with zero attached hydrogens (tertiary/aromatic N) is 5. The van der Waals surface area contributed by atoms with Crippen molar-refractivity contribution in [1.29, 1.82) is 5.26 Å². The second-order valence-electron chi connectivity index (χ2n) is 12.6. The Kier molecular flexibility index (Phi) is 8.45. The standard InChI is InChI=1S/C31H42FN7O4/c1-4-27(40)39-15-14-38(18-21(39)10-12-33)28-23-9-11-31(29(41)37(3)25-16-20(32)7-8-26(25)43-31)17-24(23)34-30(35-28)42-19-22-6-5-13-36(22)2/h4,7-8,16,21-24,28,30,34-35H,1,5-6,9-11,13-15,17-19H2,2-3H3/t21-,22+,23?,24?,28?,30?,31+/m1/s1. The van der Waals surface area contributed by atoms with Gasteiger partial charge in [0.2, 0.25) is 5.91 Å². The van der Waals surface area contributed by atoms with Gasteiger partial charge >= 0.3 is 0 Å². The second kappa shape index (κ2) is 12.1. The molecule has 2 amide bonds. The fraction of sp³-hybridized carbons (Fsp3) is 0.645. The van der Waals surface area contributed by atoms with E-state index in [4.69, 9.17) is 9.47 Å². The van der Waals surface area contributed by atoms with Gasteiger partial charge in [-0.25, -0.2) is 4.39 Å². The van der Waals surface area contributed by atoms with Crippen molar-refractivity contribution in [3.63, 3.8) is 0 Å². The third kappa shape index (κ3) is 5.65. The van der Waals surface area contributed by atoms with Gasteiger partial charge in [0.15, 0.2) is 12.0 Å². The van der Waals surface area contributed by atoms with Crippen molar-refractivity contribution in [3.05, 3.63) is 36.7 Å². The van der Waals surface area contributed by atoms with Crippen LogP contribution in [0.5, 0.6) is 5.75 Å². The SMILES string of the molecule is C=CC(=O)N1CCN(C2NC(OC[C@@H]3CCCN3C)NC3C[C@]4(CCC32)Oc2ccc(F)cc2N(C)C4=O)C[C@H]1CC#N. The van der Waals surface area contributed by atoms with Crippen LogP contribution in [0.25, 0.3) is 0 Å². The van der Waals surface area contributed by atoms with Crippen LogP contribution < -0.4 is 20.3 Å². The molecule has 4 fully saturated rings. The lowest BCUT2D eigenvalue weighted by Crippen LogP contribution is -2.74. The van der Waals surface area contributed by atoms with E-state index in [9.17, 15) is 19.2 Å². The molecule has 0 radical (unpaired) electrons. The normalized spacial score (nSPS) is 34.8. The number of fused-ring (bicyclic) bond motifs is 2. The van der Waals surface area contributed by atoms with Crippen LogP contribution in [-0.4, -0.2) is 110 Å². The molecule has 5 aliphatic rings. The first-order valence-corrected chi connectivity index (χ1v) is 15.4. The summed E-state index contributed by atoms with van der Waals surface area (Å²) in [5, 5.41) is 16.9. The lowest BCUT2D eigenvalue weighted by Gasteiger charge is -2.55. The molecule has 43 heavy (non-hydrogen) atoms. The number of carbonyl (C=O) groups excluding carboxylic acids is 2. The summed E-state index contributed by atoms with van der Waals surface area (Å²) in [7, 11) is 3.80. The highest BCUT2D eigenvalue weighted by atomic mass is 19.1. The minimum atomic E-state index is -1.07. The van der Waals surface area contributed by atoms with Crippen molar-refractivity contribution < 1.29 is 23.5 Å². The minimum absolute atomic E-state index is 0.0881. The van der Waals surface area contributed by atoms with Crippen molar-refractivity contribution >= 4 is 17.5 Å². The maximum atomic E-state index is 14.0. The first-order chi connectivity index (χ1) is 20.7. The summed E-state index contributed by atoms with van der Waals surface area (Å²) in [5.74, 6) is -0.111. The van der Waals surface area contributed by atoms with E-state index in [0.29, 0.717) is 63.0 Å². The Hall–Kier alpha value is -3.08. The molecule has 4 unspecified atom stereocenters. The van der Waals surface area contributed by atoms with Gasteiger partial charge in [0.05, 0.1) is 37.0 Å². The summed E-state index contributed by atoms with van der Waals surface area (Å²) in [5.41, 5.74) is -0.629. The summed E-state index contributed by atoms with van der Waals surface area (Å²) >= 11 is 0. The van der Waals surface area contributed by atoms with E-state index < -0.39 is 17.8 Å². The number of rotatable bonds is 6. The molecule has 12 heteroatoms. The Morgan fingerprint density at radius 2 is 2.09 bits per heavy atom. The van der Waals surface area contributed by atoms with Crippen molar-refractivity contribution in [2.45, 2.75) is 74.8 Å². The number of likely N-dealkylation sites (N-methyl/N-ethyl adjacent to an activating group) is 2. The Bertz CT molecular complexity index is 1290. The number of ether oxygens (including phenoxy) is 2. The summed E-state index contributed by atoms with van der Waals surface area (Å²) in [6, 6.07) is 6.55. The number of nitriles is 1.